The number of benzene rings is 2. The van der Waals surface area contributed by atoms with Crippen molar-refractivity contribution < 1.29 is 9.50 Å². The summed E-state index contributed by atoms with van der Waals surface area (Å²) in [5.41, 5.74) is -0.202. The van der Waals surface area contributed by atoms with Crippen LogP contribution in [0.1, 0.15) is 19.4 Å². The molecule has 78 valence electrons. The van der Waals surface area contributed by atoms with Gasteiger partial charge in [-0.1, -0.05) is 30.3 Å². The van der Waals surface area contributed by atoms with Crippen LogP contribution in [-0.2, 0) is 5.60 Å². The van der Waals surface area contributed by atoms with Gasteiger partial charge in [-0.25, -0.2) is 4.39 Å². The SMILES string of the molecule is CC(C)(O)c1ccc(F)c2ccccc12. The van der Waals surface area contributed by atoms with E-state index in [1.54, 1.807) is 32.0 Å². The number of fused-ring (bicyclic) bond motifs is 1. The Balaban J connectivity index is 2.84. The van der Waals surface area contributed by atoms with Crippen molar-refractivity contribution >= 4 is 10.8 Å². The van der Waals surface area contributed by atoms with Crippen molar-refractivity contribution in [3.05, 3.63) is 47.8 Å². The highest BCUT2D eigenvalue weighted by atomic mass is 19.1. The predicted octanol–water partition coefficient (Wildman–Crippen LogP) is 3.21. The first-order valence-corrected chi connectivity index (χ1v) is 4.90. The molecule has 0 aromatic heterocycles. The summed E-state index contributed by atoms with van der Waals surface area (Å²) < 4.78 is 13.5. The van der Waals surface area contributed by atoms with Gasteiger partial charge in [-0.05, 0) is 30.9 Å². The number of hydrogen-bond acceptors (Lipinski definition) is 1. The summed E-state index contributed by atoms with van der Waals surface area (Å²) in [6, 6.07) is 10.2. The van der Waals surface area contributed by atoms with E-state index in [0.717, 1.165) is 10.9 Å². The summed E-state index contributed by atoms with van der Waals surface area (Å²) in [6.45, 7) is 3.40. The molecule has 1 N–H and O–H groups in total. The first-order valence-electron chi connectivity index (χ1n) is 4.90. The number of halogens is 1. The number of hydrogen-bond donors (Lipinski definition) is 1. The van der Waals surface area contributed by atoms with Crippen molar-refractivity contribution in [3.63, 3.8) is 0 Å². The smallest absolute Gasteiger partial charge is 0.131 e. The molecule has 0 bridgehead atoms. The third-order valence-corrected chi connectivity index (χ3v) is 2.53. The summed E-state index contributed by atoms with van der Waals surface area (Å²) in [5, 5.41) is 11.3. The predicted molar refractivity (Wildman–Crippen MR) is 59.2 cm³/mol. The molecule has 0 unspecified atom stereocenters. The monoisotopic (exact) mass is 204 g/mol. The minimum Gasteiger partial charge on any atom is -0.386 e. The molecule has 0 saturated carbocycles. The lowest BCUT2D eigenvalue weighted by molar-refractivity contribution is 0.0801. The molecule has 0 spiro atoms. The Morgan fingerprint density at radius 2 is 1.60 bits per heavy atom. The second kappa shape index (κ2) is 3.31. The van der Waals surface area contributed by atoms with E-state index in [1.807, 2.05) is 12.1 Å². The summed E-state index contributed by atoms with van der Waals surface area (Å²) in [4.78, 5) is 0. The first-order chi connectivity index (χ1) is 7.00. The third-order valence-electron chi connectivity index (χ3n) is 2.53. The standard InChI is InChI=1S/C13H13FO/c1-13(2,15)11-7-8-12(14)10-6-4-3-5-9(10)11/h3-8,15H,1-2H3. The second-order valence-electron chi connectivity index (χ2n) is 4.20. The molecule has 2 heteroatoms. The normalized spacial score (nSPS) is 12.0. The summed E-state index contributed by atoms with van der Waals surface area (Å²) in [5.74, 6) is -0.251. The summed E-state index contributed by atoms with van der Waals surface area (Å²) >= 11 is 0. The molecule has 0 aliphatic rings. The highest BCUT2D eigenvalue weighted by Crippen LogP contribution is 2.29. The van der Waals surface area contributed by atoms with E-state index in [0.29, 0.717) is 5.39 Å². The Bertz CT molecular complexity index is 497. The Morgan fingerprint density at radius 1 is 1.00 bits per heavy atom. The van der Waals surface area contributed by atoms with Crippen LogP contribution in [0.3, 0.4) is 0 Å². The zero-order valence-corrected chi connectivity index (χ0v) is 8.79. The van der Waals surface area contributed by atoms with Crippen molar-refractivity contribution in [2.24, 2.45) is 0 Å². The fourth-order valence-electron chi connectivity index (χ4n) is 1.80. The fraction of sp³-hybridized carbons (Fsp3) is 0.231. The van der Waals surface area contributed by atoms with E-state index in [-0.39, 0.29) is 5.82 Å². The summed E-state index contributed by atoms with van der Waals surface area (Å²) in [7, 11) is 0. The fourth-order valence-corrected chi connectivity index (χ4v) is 1.80. The van der Waals surface area contributed by atoms with Gasteiger partial charge in [-0.3, -0.25) is 0 Å². The Hall–Kier alpha value is -1.41. The molecule has 0 aliphatic carbocycles. The van der Waals surface area contributed by atoms with Gasteiger partial charge in [0.15, 0.2) is 0 Å². The van der Waals surface area contributed by atoms with Gasteiger partial charge in [0.05, 0.1) is 5.60 Å². The highest BCUT2D eigenvalue weighted by molar-refractivity contribution is 5.86. The van der Waals surface area contributed by atoms with Crippen molar-refractivity contribution in [1.82, 2.24) is 0 Å². The molecule has 0 radical (unpaired) electrons. The van der Waals surface area contributed by atoms with Crippen LogP contribution in [0.4, 0.5) is 4.39 Å². The lowest BCUT2D eigenvalue weighted by Crippen LogP contribution is -2.16. The molecular weight excluding hydrogens is 191 g/mol. The zero-order valence-electron chi connectivity index (χ0n) is 8.79. The van der Waals surface area contributed by atoms with Crippen LogP contribution in [0.15, 0.2) is 36.4 Å². The molecule has 0 atom stereocenters. The number of aliphatic hydroxyl groups is 1. The van der Waals surface area contributed by atoms with E-state index in [4.69, 9.17) is 0 Å². The maximum Gasteiger partial charge on any atom is 0.131 e. The average molecular weight is 204 g/mol. The van der Waals surface area contributed by atoms with Crippen molar-refractivity contribution in [3.8, 4) is 0 Å². The maximum absolute atomic E-state index is 13.5. The molecular formula is C13H13FO. The Labute approximate surface area is 88.2 Å². The molecule has 0 heterocycles. The van der Waals surface area contributed by atoms with Crippen LogP contribution < -0.4 is 0 Å². The highest BCUT2D eigenvalue weighted by Gasteiger charge is 2.19. The van der Waals surface area contributed by atoms with Gasteiger partial charge in [-0.2, -0.15) is 0 Å². The quantitative estimate of drug-likeness (QED) is 0.756. The lowest BCUT2D eigenvalue weighted by atomic mass is 9.92. The average Bonchev–Trinajstić information content (AvgIpc) is 2.17. The van der Waals surface area contributed by atoms with Crippen LogP contribution in [-0.4, -0.2) is 5.11 Å². The number of rotatable bonds is 1. The second-order valence-corrected chi connectivity index (χ2v) is 4.20. The molecule has 0 aliphatic heterocycles. The van der Waals surface area contributed by atoms with Crippen LogP contribution in [0.2, 0.25) is 0 Å². The van der Waals surface area contributed by atoms with Crippen LogP contribution in [0.5, 0.6) is 0 Å². The topological polar surface area (TPSA) is 20.2 Å². The van der Waals surface area contributed by atoms with E-state index in [2.05, 4.69) is 0 Å². The van der Waals surface area contributed by atoms with Gasteiger partial charge in [0.2, 0.25) is 0 Å². The van der Waals surface area contributed by atoms with Crippen LogP contribution >= 0.6 is 0 Å². The Kier molecular flexibility index (Phi) is 2.24. The third kappa shape index (κ3) is 1.73. The van der Waals surface area contributed by atoms with E-state index < -0.39 is 5.60 Å². The van der Waals surface area contributed by atoms with E-state index >= 15 is 0 Å². The van der Waals surface area contributed by atoms with Gasteiger partial charge in [0, 0.05) is 5.39 Å². The minimum atomic E-state index is -0.951. The van der Waals surface area contributed by atoms with Gasteiger partial charge in [0.25, 0.3) is 0 Å². The van der Waals surface area contributed by atoms with Crippen LogP contribution in [0, 0.1) is 5.82 Å². The maximum atomic E-state index is 13.5. The van der Waals surface area contributed by atoms with Crippen molar-refractivity contribution in [1.29, 1.82) is 0 Å². The van der Waals surface area contributed by atoms with Gasteiger partial charge in [-0.15, -0.1) is 0 Å². The molecule has 15 heavy (non-hydrogen) atoms. The van der Waals surface area contributed by atoms with Gasteiger partial charge >= 0.3 is 0 Å². The molecule has 2 aromatic rings. The molecule has 0 fully saturated rings. The molecule has 2 aromatic carbocycles. The van der Waals surface area contributed by atoms with Gasteiger partial charge in [0.1, 0.15) is 5.82 Å². The van der Waals surface area contributed by atoms with E-state index in [1.165, 1.54) is 6.07 Å². The summed E-state index contributed by atoms with van der Waals surface area (Å²) in [6.07, 6.45) is 0. The van der Waals surface area contributed by atoms with Gasteiger partial charge < -0.3 is 5.11 Å². The molecule has 1 nitrogen and oxygen atoms in total. The Morgan fingerprint density at radius 3 is 2.20 bits per heavy atom. The minimum absolute atomic E-state index is 0.251. The van der Waals surface area contributed by atoms with E-state index in [9.17, 15) is 9.50 Å². The lowest BCUT2D eigenvalue weighted by Gasteiger charge is -2.20. The first kappa shape index (κ1) is 10.1. The molecule has 2 rings (SSSR count). The zero-order chi connectivity index (χ0) is 11.1. The molecule has 0 saturated heterocycles. The largest absolute Gasteiger partial charge is 0.386 e. The van der Waals surface area contributed by atoms with Crippen molar-refractivity contribution in [2.45, 2.75) is 19.4 Å². The molecule has 0 amide bonds. The van der Waals surface area contributed by atoms with Crippen LogP contribution in [0.25, 0.3) is 10.8 Å². The van der Waals surface area contributed by atoms with Crippen molar-refractivity contribution in [2.75, 3.05) is 0 Å².